The molecule has 1 saturated heterocycles. The van der Waals surface area contributed by atoms with Gasteiger partial charge in [-0.25, -0.2) is 0 Å². The second kappa shape index (κ2) is 6.33. The molecule has 0 saturated carbocycles. The molecule has 0 amide bonds. The predicted octanol–water partition coefficient (Wildman–Crippen LogP) is 2.28. The summed E-state index contributed by atoms with van der Waals surface area (Å²) in [7, 11) is 0. The predicted molar refractivity (Wildman–Crippen MR) is 88.4 cm³/mol. The van der Waals surface area contributed by atoms with Crippen molar-refractivity contribution in [2.45, 2.75) is 0 Å². The molecule has 1 fully saturated rings. The molecule has 0 atom stereocenters. The van der Waals surface area contributed by atoms with Gasteiger partial charge in [0.15, 0.2) is 0 Å². The lowest BCUT2D eigenvalue weighted by Crippen LogP contribution is -2.36. The third kappa shape index (κ3) is 2.99. The maximum Gasteiger partial charge on any atom is 0.0630 e. The lowest BCUT2D eigenvalue weighted by atomic mass is 10.1. The van der Waals surface area contributed by atoms with Crippen LogP contribution < -0.4 is 11.1 Å². The van der Waals surface area contributed by atoms with Crippen molar-refractivity contribution in [3.05, 3.63) is 30.6 Å². The average Bonchev–Trinajstić information content (AvgIpc) is 2.51. The fourth-order valence-electron chi connectivity index (χ4n) is 2.52. The number of rotatable bonds is 4. The fraction of sp³-hybridized carbons (Fsp3) is 0.400. The van der Waals surface area contributed by atoms with E-state index in [0.29, 0.717) is 0 Å². The lowest BCUT2D eigenvalue weighted by molar-refractivity contribution is 0.314. The minimum absolute atomic E-state index is 0.819. The van der Waals surface area contributed by atoms with E-state index in [2.05, 4.69) is 21.3 Å². The normalized spacial score (nSPS) is 16.4. The zero-order chi connectivity index (χ0) is 13.8. The highest BCUT2D eigenvalue weighted by atomic mass is 32.2. The molecule has 0 bridgehead atoms. The van der Waals surface area contributed by atoms with Gasteiger partial charge < -0.3 is 11.1 Å². The van der Waals surface area contributed by atoms with Crippen LogP contribution in [0.15, 0.2) is 30.6 Å². The van der Waals surface area contributed by atoms with Crippen LogP contribution in [0.2, 0.25) is 0 Å². The van der Waals surface area contributed by atoms with Crippen molar-refractivity contribution < 1.29 is 0 Å². The summed E-state index contributed by atoms with van der Waals surface area (Å²) in [4.78, 5) is 6.63. The summed E-state index contributed by atoms with van der Waals surface area (Å²) >= 11 is 2.04. The van der Waals surface area contributed by atoms with E-state index in [-0.39, 0.29) is 0 Å². The van der Waals surface area contributed by atoms with Gasteiger partial charge in [0.25, 0.3) is 0 Å². The van der Waals surface area contributed by atoms with E-state index in [4.69, 9.17) is 5.73 Å². The highest BCUT2D eigenvalue weighted by molar-refractivity contribution is 7.99. The molecule has 3 rings (SSSR count). The Morgan fingerprint density at radius 1 is 1.25 bits per heavy atom. The number of benzene rings is 1. The number of fused-ring (bicyclic) bond motifs is 1. The van der Waals surface area contributed by atoms with E-state index >= 15 is 0 Å². The first kappa shape index (κ1) is 13.5. The first-order chi connectivity index (χ1) is 9.84. The number of thioether (sulfide) groups is 1. The molecule has 2 aromatic rings. The largest absolute Gasteiger partial charge is 0.397 e. The molecule has 1 aromatic heterocycles. The fourth-order valence-corrected chi connectivity index (χ4v) is 3.50. The molecule has 106 valence electrons. The summed E-state index contributed by atoms with van der Waals surface area (Å²) in [6, 6.07) is 6.08. The van der Waals surface area contributed by atoms with Crippen LogP contribution in [0, 0.1) is 0 Å². The van der Waals surface area contributed by atoms with E-state index in [1.807, 2.05) is 30.1 Å². The van der Waals surface area contributed by atoms with Crippen LogP contribution in [0.4, 0.5) is 11.4 Å². The van der Waals surface area contributed by atoms with Crippen LogP contribution in [0.1, 0.15) is 0 Å². The van der Waals surface area contributed by atoms with E-state index < -0.39 is 0 Å². The molecule has 3 N–H and O–H groups in total. The maximum absolute atomic E-state index is 6.23. The van der Waals surface area contributed by atoms with E-state index in [1.165, 1.54) is 24.6 Å². The van der Waals surface area contributed by atoms with Gasteiger partial charge in [0.2, 0.25) is 0 Å². The highest BCUT2D eigenvalue weighted by Crippen LogP contribution is 2.27. The van der Waals surface area contributed by atoms with Crippen LogP contribution >= 0.6 is 11.8 Å². The quantitative estimate of drug-likeness (QED) is 0.845. The summed E-state index contributed by atoms with van der Waals surface area (Å²) in [6.07, 6.45) is 3.63. The van der Waals surface area contributed by atoms with Gasteiger partial charge in [0.1, 0.15) is 0 Å². The Morgan fingerprint density at radius 2 is 2.10 bits per heavy atom. The minimum atomic E-state index is 0.819. The third-order valence-electron chi connectivity index (χ3n) is 3.71. The Morgan fingerprint density at radius 3 is 2.95 bits per heavy atom. The van der Waals surface area contributed by atoms with E-state index in [0.717, 1.165) is 35.2 Å². The van der Waals surface area contributed by atoms with Crippen molar-refractivity contribution in [2.75, 3.05) is 48.7 Å². The van der Waals surface area contributed by atoms with Gasteiger partial charge in [-0.05, 0) is 12.1 Å². The topological polar surface area (TPSA) is 54.2 Å². The number of pyridine rings is 1. The molecule has 4 nitrogen and oxygen atoms in total. The smallest absolute Gasteiger partial charge is 0.0630 e. The molecule has 1 aromatic carbocycles. The summed E-state index contributed by atoms with van der Waals surface area (Å²) in [6.45, 7) is 4.41. The summed E-state index contributed by atoms with van der Waals surface area (Å²) < 4.78 is 0. The third-order valence-corrected chi connectivity index (χ3v) is 4.65. The standard InChI is InChI=1S/C15H20N4S/c16-15-13-3-4-17-11-12(13)1-2-14(15)18-5-6-19-7-9-20-10-8-19/h1-4,11,18H,5-10,16H2. The maximum atomic E-state index is 6.23. The monoisotopic (exact) mass is 288 g/mol. The number of hydrogen-bond donors (Lipinski definition) is 2. The molecule has 2 heterocycles. The number of nitrogen functional groups attached to an aromatic ring is 1. The molecular weight excluding hydrogens is 268 g/mol. The van der Waals surface area contributed by atoms with Crippen LogP contribution in [-0.2, 0) is 0 Å². The van der Waals surface area contributed by atoms with Crippen molar-refractivity contribution in [1.29, 1.82) is 0 Å². The van der Waals surface area contributed by atoms with Crippen LogP contribution in [0.25, 0.3) is 10.8 Å². The molecule has 1 aliphatic heterocycles. The Kier molecular flexibility index (Phi) is 4.28. The second-order valence-corrected chi connectivity index (χ2v) is 6.23. The lowest BCUT2D eigenvalue weighted by Gasteiger charge is -2.26. The SMILES string of the molecule is Nc1c(NCCN2CCSCC2)ccc2cnccc12. The number of nitrogens with zero attached hydrogens (tertiary/aromatic N) is 2. The van der Waals surface area contributed by atoms with Crippen LogP contribution in [0.5, 0.6) is 0 Å². The Labute approximate surface area is 123 Å². The van der Waals surface area contributed by atoms with Gasteiger partial charge in [-0.1, -0.05) is 6.07 Å². The molecule has 0 unspecified atom stereocenters. The Bertz CT molecular complexity index is 581. The van der Waals surface area contributed by atoms with Crippen molar-refractivity contribution in [3.63, 3.8) is 0 Å². The molecule has 1 aliphatic rings. The van der Waals surface area contributed by atoms with Gasteiger partial charge >= 0.3 is 0 Å². The summed E-state index contributed by atoms with van der Waals surface area (Å²) in [5.41, 5.74) is 8.07. The van der Waals surface area contributed by atoms with E-state index in [1.54, 1.807) is 6.20 Å². The zero-order valence-electron chi connectivity index (χ0n) is 11.5. The Balaban J connectivity index is 1.63. The first-order valence-electron chi connectivity index (χ1n) is 7.01. The average molecular weight is 288 g/mol. The van der Waals surface area contributed by atoms with Crippen LogP contribution in [0.3, 0.4) is 0 Å². The highest BCUT2D eigenvalue weighted by Gasteiger charge is 2.10. The zero-order valence-corrected chi connectivity index (χ0v) is 12.3. The van der Waals surface area contributed by atoms with Gasteiger partial charge in [-0.15, -0.1) is 0 Å². The van der Waals surface area contributed by atoms with Gasteiger partial charge in [0.05, 0.1) is 11.4 Å². The van der Waals surface area contributed by atoms with Gasteiger partial charge in [0, 0.05) is 60.9 Å². The molecule has 20 heavy (non-hydrogen) atoms. The molecule has 0 radical (unpaired) electrons. The number of anilines is 2. The van der Waals surface area contributed by atoms with Crippen molar-refractivity contribution in [3.8, 4) is 0 Å². The van der Waals surface area contributed by atoms with Gasteiger partial charge in [-0.3, -0.25) is 9.88 Å². The van der Waals surface area contributed by atoms with Crippen molar-refractivity contribution in [1.82, 2.24) is 9.88 Å². The Hall–Kier alpha value is -1.46. The number of nitrogens with one attached hydrogen (secondary N) is 1. The minimum Gasteiger partial charge on any atom is -0.397 e. The van der Waals surface area contributed by atoms with Gasteiger partial charge in [-0.2, -0.15) is 11.8 Å². The summed E-state index contributed by atoms with van der Waals surface area (Å²) in [5, 5.41) is 5.61. The van der Waals surface area contributed by atoms with E-state index in [9.17, 15) is 0 Å². The van der Waals surface area contributed by atoms with Crippen LogP contribution in [-0.4, -0.2) is 47.6 Å². The summed E-state index contributed by atoms with van der Waals surface area (Å²) in [5.74, 6) is 2.51. The molecule has 0 aliphatic carbocycles. The molecular formula is C15H20N4S. The molecule has 5 heteroatoms. The number of nitrogens with two attached hydrogens (primary N) is 1. The second-order valence-electron chi connectivity index (χ2n) is 5.00. The number of aromatic nitrogens is 1. The van der Waals surface area contributed by atoms with Crippen molar-refractivity contribution in [2.24, 2.45) is 0 Å². The number of hydrogen-bond acceptors (Lipinski definition) is 5. The first-order valence-corrected chi connectivity index (χ1v) is 8.16. The van der Waals surface area contributed by atoms with Crippen molar-refractivity contribution >= 4 is 33.9 Å². The molecule has 0 spiro atoms.